The van der Waals surface area contributed by atoms with E-state index in [1.165, 1.54) is 0 Å². The van der Waals surface area contributed by atoms with Crippen molar-refractivity contribution in [2.24, 2.45) is 10.2 Å². The fraction of sp³-hybridized carbons (Fsp3) is 0.143. The Morgan fingerprint density at radius 3 is 2.41 bits per heavy atom. The minimum absolute atomic E-state index is 0.170. The molecule has 0 aliphatic carbocycles. The van der Waals surface area contributed by atoms with Crippen molar-refractivity contribution in [2.45, 2.75) is 13.3 Å². The summed E-state index contributed by atoms with van der Waals surface area (Å²) in [6, 6.07) is 14.9. The molecule has 0 unspecified atom stereocenters. The molecule has 0 atom stereocenters. The van der Waals surface area contributed by atoms with Crippen LogP contribution < -0.4 is 0 Å². The Hall–Kier alpha value is -2.16. The van der Waals surface area contributed by atoms with Crippen molar-refractivity contribution in [3.8, 4) is 5.75 Å². The third-order valence-electron chi connectivity index (χ3n) is 2.48. The van der Waals surface area contributed by atoms with Gasteiger partial charge < -0.3 is 5.11 Å². The molecule has 0 amide bonds. The lowest BCUT2D eigenvalue weighted by Gasteiger charge is -2.00. The number of hydrogen-bond donors (Lipinski definition) is 1. The molecule has 0 heterocycles. The van der Waals surface area contributed by atoms with Crippen LogP contribution in [0.15, 0.2) is 58.8 Å². The smallest absolute Gasteiger partial charge is 0.143 e. The zero-order valence-corrected chi connectivity index (χ0v) is 9.67. The average Bonchev–Trinajstić information content (AvgIpc) is 2.38. The van der Waals surface area contributed by atoms with Gasteiger partial charge in [0.05, 0.1) is 5.69 Å². The second-order valence-corrected chi connectivity index (χ2v) is 3.71. The fourth-order valence-corrected chi connectivity index (χ4v) is 1.48. The Bertz CT molecular complexity index is 521. The molecule has 1 N–H and O–H groups in total. The van der Waals surface area contributed by atoms with Crippen LogP contribution in [-0.2, 0) is 6.42 Å². The van der Waals surface area contributed by atoms with E-state index in [2.05, 4.69) is 10.2 Å². The summed E-state index contributed by atoms with van der Waals surface area (Å²) in [4.78, 5) is 0. The highest BCUT2D eigenvalue weighted by atomic mass is 16.3. The largest absolute Gasteiger partial charge is 0.506 e. The van der Waals surface area contributed by atoms with E-state index in [-0.39, 0.29) is 5.75 Å². The molecule has 0 aromatic heterocycles. The number of azo groups is 1. The number of phenolic OH excluding ortho intramolecular Hbond substituents is 1. The molecule has 0 saturated carbocycles. The van der Waals surface area contributed by atoms with Crippen LogP contribution in [0.3, 0.4) is 0 Å². The lowest BCUT2D eigenvalue weighted by Crippen LogP contribution is -1.78. The van der Waals surface area contributed by atoms with Gasteiger partial charge in [0.15, 0.2) is 0 Å². The number of nitrogens with zero attached hydrogens (tertiary/aromatic N) is 2. The molecule has 2 aromatic carbocycles. The predicted molar refractivity (Wildman–Crippen MR) is 68.1 cm³/mol. The topological polar surface area (TPSA) is 45.0 Å². The standard InChI is InChI=1S/C14H14N2O/c1-2-11-8-9-13(14(17)10-11)16-15-12-6-4-3-5-7-12/h3-10,17H,2H2,1H3/b16-15+. The first-order valence-electron chi connectivity index (χ1n) is 5.58. The highest BCUT2D eigenvalue weighted by molar-refractivity contribution is 5.52. The predicted octanol–water partition coefficient (Wildman–Crippen LogP) is 4.37. The number of aromatic hydroxyl groups is 1. The molecule has 0 saturated heterocycles. The van der Waals surface area contributed by atoms with E-state index in [9.17, 15) is 5.11 Å². The SMILES string of the molecule is CCc1ccc(/N=N/c2ccccc2)c(O)c1. The van der Waals surface area contributed by atoms with Crippen LogP contribution in [0, 0.1) is 0 Å². The number of hydrogen-bond acceptors (Lipinski definition) is 3. The van der Waals surface area contributed by atoms with Crippen molar-refractivity contribution in [3.63, 3.8) is 0 Å². The summed E-state index contributed by atoms with van der Waals surface area (Å²) in [5, 5.41) is 17.8. The minimum atomic E-state index is 0.170. The molecule has 3 nitrogen and oxygen atoms in total. The number of rotatable bonds is 3. The number of aryl methyl sites for hydroxylation is 1. The van der Waals surface area contributed by atoms with Crippen molar-refractivity contribution >= 4 is 11.4 Å². The second-order valence-electron chi connectivity index (χ2n) is 3.71. The van der Waals surface area contributed by atoms with E-state index in [4.69, 9.17) is 0 Å². The van der Waals surface area contributed by atoms with E-state index in [0.717, 1.165) is 17.7 Å². The first kappa shape index (κ1) is 11.3. The highest BCUT2D eigenvalue weighted by Gasteiger charge is 2.00. The number of phenols is 1. The summed E-state index contributed by atoms with van der Waals surface area (Å²) in [5.41, 5.74) is 2.35. The van der Waals surface area contributed by atoms with Gasteiger partial charge in [0.2, 0.25) is 0 Å². The summed E-state index contributed by atoms with van der Waals surface area (Å²) in [6.45, 7) is 2.04. The third kappa shape index (κ3) is 2.91. The normalized spacial score (nSPS) is 10.9. The zero-order chi connectivity index (χ0) is 12.1. The van der Waals surface area contributed by atoms with Gasteiger partial charge in [-0.3, -0.25) is 0 Å². The summed E-state index contributed by atoms with van der Waals surface area (Å²) >= 11 is 0. The zero-order valence-electron chi connectivity index (χ0n) is 9.67. The van der Waals surface area contributed by atoms with Crippen LogP contribution in [0.25, 0.3) is 0 Å². The van der Waals surface area contributed by atoms with Crippen LogP contribution in [0.5, 0.6) is 5.75 Å². The Morgan fingerprint density at radius 1 is 1.00 bits per heavy atom. The van der Waals surface area contributed by atoms with Gasteiger partial charge in [-0.1, -0.05) is 31.2 Å². The van der Waals surface area contributed by atoms with Gasteiger partial charge in [0.25, 0.3) is 0 Å². The van der Waals surface area contributed by atoms with Gasteiger partial charge in [0.1, 0.15) is 11.4 Å². The second kappa shape index (κ2) is 5.25. The van der Waals surface area contributed by atoms with Gasteiger partial charge in [-0.05, 0) is 36.2 Å². The lowest BCUT2D eigenvalue weighted by atomic mass is 10.1. The summed E-state index contributed by atoms with van der Waals surface area (Å²) < 4.78 is 0. The number of benzene rings is 2. The molecule has 0 aliphatic heterocycles. The monoisotopic (exact) mass is 226 g/mol. The quantitative estimate of drug-likeness (QED) is 0.776. The Kier molecular flexibility index (Phi) is 3.50. The Morgan fingerprint density at radius 2 is 1.76 bits per heavy atom. The molecule has 17 heavy (non-hydrogen) atoms. The van der Waals surface area contributed by atoms with Gasteiger partial charge in [-0.2, -0.15) is 5.11 Å². The molecule has 0 radical (unpaired) electrons. The Balaban J connectivity index is 2.22. The van der Waals surface area contributed by atoms with E-state index in [1.807, 2.05) is 43.3 Å². The summed E-state index contributed by atoms with van der Waals surface area (Å²) in [6.07, 6.45) is 0.893. The van der Waals surface area contributed by atoms with Gasteiger partial charge in [0, 0.05) is 0 Å². The van der Waals surface area contributed by atoms with Gasteiger partial charge in [-0.25, -0.2) is 0 Å². The fourth-order valence-electron chi connectivity index (χ4n) is 1.48. The van der Waals surface area contributed by atoms with Gasteiger partial charge in [-0.15, -0.1) is 5.11 Å². The molecule has 3 heteroatoms. The van der Waals surface area contributed by atoms with Crippen molar-refractivity contribution < 1.29 is 5.11 Å². The molecule has 0 aliphatic rings. The molecule has 0 fully saturated rings. The summed E-state index contributed by atoms with van der Waals surface area (Å²) in [5.74, 6) is 0.170. The maximum atomic E-state index is 9.75. The van der Waals surface area contributed by atoms with E-state index < -0.39 is 0 Å². The third-order valence-corrected chi connectivity index (χ3v) is 2.48. The van der Waals surface area contributed by atoms with E-state index in [0.29, 0.717) is 5.69 Å². The molecule has 0 spiro atoms. The maximum absolute atomic E-state index is 9.75. The van der Waals surface area contributed by atoms with Gasteiger partial charge >= 0.3 is 0 Å². The van der Waals surface area contributed by atoms with Crippen molar-refractivity contribution in [1.29, 1.82) is 0 Å². The van der Waals surface area contributed by atoms with Crippen molar-refractivity contribution in [3.05, 3.63) is 54.1 Å². The molecule has 2 rings (SSSR count). The van der Waals surface area contributed by atoms with Crippen LogP contribution >= 0.6 is 0 Å². The first-order chi connectivity index (χ1) is 8.29. The maximum Gasteiger partial charge on any atom is 0.143 e. The molecular formula is C14H14N2O. The molecule has 2 aromatic rings. The summed E-state index contributed by atoms with van der Waals surface area (Å²) in [7, 11) is 0. The molecular weight excluding hydrogens is 212 g/mol. The molecule has 0 bridgehead atoms. The Labute approximate surface area is 100 Å². The van der Waals surface area contributed by atoms with Crippen LogP contribution in [-0.4, -0.2) is 5.11 Å². The average molecular weight is 226 g/mol. The molecule has 86 valence electrons. The van der Waals surface area contributed by atoms with Crippen LogP contribution in [0.4, 0.5) is 11.4 Å². The van der Waals surface area contributed by atoms with Crippen LogP contribution in [0.2, 0.25) is 0 Å². The van der Waals surface area contributed by atoms with Crippen molar-refractivity contribution in [1.82, 2.24) is 0 Å². The van der Waals surface area contributed by atoms with Crippen molar-refractivity contribution in [2.75, 3.05) is 0 Å². The van der Waals surface area contributed by atoms with E-state index in [1.54, 1.807) is 12.1 Å². The highest BCUT2D eigenvalue weighted by Crippen LogP contribution is 2.28. The van der Waals surface area contributed by atoms with Crippen LogP contribution in [0.1, 0.15) is 12.5 Å². The lowest BCUT2D eigenvalue weighted by molar-refractivity contribution is 0.475. The minimum Gasteiger partial charge on any atom is -0.506 e. The first-order valence-corrected chi connectivity index (χ1v) is 5.58. The van der Waals surface area contributed by atoms with E-state index >= 15 is 0 Å².